The average Bonchev–Trinajstić information content (AvgIpc) is 2.75. The van der Waals surface area contributed by atoms with Crippen molar-refractivity contribution in [3.8, 4) is 0 Å². The molecule has 3 fully saturated rings. The van der Waals surface area contributed by atoms with E-state index >= 15 is 0 Å². The first-order chi connectivity index (χ1) is 9.23. The zero-order chi connectivity index (χ0) is 14.8. The molecule has 0 unspecified atom stereocenters. The molecule has 5 atom stereocenters. The first kappa shape index (κ1) is 14.6. The highest BCUT2D eigenvalue weighted by Gasteiger charge is 2.66. The molecule has 0 N–H and O–H groups in total. The molecule has 0 radical (unpaired) electrons. The van der Waals surface area contributed by atoms with Gasteiger partial charge in [0.1, 0.15) is 5.78 Å². The fourth-order valence-electron chi connectivity index (χ4n) is 5.90. The molecule has 0 aromatic rings. The van der Waals surface area contributed by atoms with Crippen LogP contribution in [0.2, 0.25) is 0 Å². The van der Waals surface area contributed by atoms with Gasteiger partial charge < -0.3 is 4.74 Å². The number of hydrogen-bond donors (Lipinski definition) is 0. The van der Waals surface area contributed by atoms with E-state index in [2.05, 4.69) is 34.6 Å². The fourth-order valence-corrected chi connectivity index (χ4v) is 5.90. The summed E-state index contributed by atoms with van der Waals surface area (Å²) in [6.45, 7) is 11.5. The van der Waals surface area contributed by atoms with Crippen LogP contribution in [0.5, 0.6) is 0 Å². The van der Waals surface area contributed by atoms with Gasteiger partial charge in [-0.05, 0) is 43.9 Å². The maximum absolute atomic E-state index is 12.7. The number of carbonyl (C=O) groups excluding carboxylic acids is 1. The smallest absolute Gasteiger partial charge is 0.138 e. The van der Waals surface area contributed by atoms with Crippen LogP contribution in [0.1, 0.15) is 73.1 Å². The third-order valence-electron chi connectivity index (χ3n) is 7.12. The van der Waals surface area contributed by atoms with Gasteiger partial charge in [-0.25, -0.2) is 0 Å². The molecule has 1 heterocycles. The van der Waals surface area contributed by atoms with E-state index in [0.29, 0.717) is 17.8 Å². The van der Waals surface area contributed by atoms with Crippen LogP contribution in [0, 0.1) is 22.7 Å². The van der Waals surface area contributed by atoms with Crippen molar-refractivity contribution in [1.82, 2.24) is 0 Å². The molecule has 3 aliphatic rings. The molecular formula is C18H30O2. The SMILES string of the molecule is C[C@@H]1C(=O)C[C@H]2C(C)(C)CCC[C@]2(C)[C@@]12CC[C@H](C)O2. The Kier molecular flexibility index (Phi) is 3.14. The molecule has 2 saturated carbocycles. The van der Waals surface area contributed by atoms with E-state index in [9.17, 15) is 4.79 Å². The van der Waals surface area contributed by atoms with E-state index in [-0.39, 0.29) is 22.3 Å². The Labute approximate surface area is 123 Å². The minimum absolute atomic E-state index is 0.0719. The number of ether oxygens (including phenoxy) is 1. The minimum Gasteiger partial charge on any atom is -0.371 e. The number of carbonyl (C=O) groups is 1. The van der Waals surface area contributed by atoms with Crippen molar-refractivity contribution < 1.29 is 9.53 Å². The normalized spacial score (nSPS) is 51.2. The predicted octanol–water partition coefficient (Wildman–Crippen LogP) is 4.37. The van der Waals surface area contributed by atoms with Gasteiger partial charge in [-0.1, -0.05) is 34.1 Å². The van der Waals surface area contributed by atoms with Crippen molar-refractivity contribution in [2.75, 3.05) is 0 Å². The lowest BCUT2D eigenvalue weighted by molar-refractivity contribution is -0.219. The van der Waals surface area contributed by atoms with Crippen LogP contribution >= 0.6 is 0 Å². The van der Waals surface area contributed by atoms with Gasteiger partial charge in [-0.3, -0.25) is 4.79 Å². The Morgan fingerprint density at radius 1 is 1.10 bits per heavy atom. The lowest BCUT2D eigenvalue weighted by Crippen LogP contribution is -2.64. The maximum atomic E-state index is 12.7. The fraction of sp³-hybridized carbons (Fsp3) is 0.944. The monoisotopic (exact) mass is 278 g/mol. The second kappa shape index (κ2) is 4.32. The van der Waals surface area contributed by atoms with Crippen molar-refractivity contribution in [2.24, 2.45) is 22.7 Å². The summed E-state index contributed by atoms with van der Waals surface area (Å²) in [6, 6.07) is 0. The molecule has 2 heteroatoms. The summed E-state index contributed by atoms with van der Waals surface area (Å²) in [6.07, 6.45) is 7.02. The van der Waals surface area contributed by atoms with Crippen molar-refractivity contribution in [2.45, 2.75) is 84.8 Å². The highest BCUT2D eigenvalue weighted by Crippen LogP contribution is 2.65. The molecular weight excluding hydrogens is 248 g/mol. The summed E-state index contributed by atoms with van der Waals surface area (Å²) in [7, 11) is 0. The summed E-state index contributed by atoms with van der Waals surface area (Å²) in [5, 5.41) is 0. The molecule has 0 aromatic heterocycles. The second-order valence-electron chi connectivity index (χ2n) is 8.56. The first-order valence-corrected chi connectivity index (χ1v) is 8.43. The van der Waals surface area contributed by atoms with E-state index in [4.69, 9.17) is 4.74 Å². The molecule has 0 aromatic carbocycles. The number of rotatable bonds is 0. The molecule has 0 amide bonds. The van der Waals surface area contributed by atoms with Crippen molar-refractivity contribution in [3.05, 3.63) is 0 Å². The second-order valence-corrected chi connectivity index (χ2v) is 8.56. The van der Waals surface area contributed by atoms with Gasteiger partial charge in [0, 0.05) is 17.8 Å². The van der Waals surface area contributed by atoms with Crippen LogP contribution in [-0.2, 0) is 9.53 Å². The molecule has 114 valence electrons. The average molecular weight is 278 g/mol. The van der Waals surface area contributed by atoms with Crippen LogP contribution < -0.4 is 0 Å². The lowest BCUT2D eigenvalue weighted by Gasteiger charge is -2.62. The standard InChI is InChI=1S/C18H30O2/c1-12-7-10-18(20-12)13(2)14(19)11-15-16(3,4)8-6-9-17(15,18)5/h12-13,15H,6-11H2,1-5H3/t12-,13+,15-,17-,18+/m0/s1. The summed E-state index contributed by atoms with van der Waals surface area (Å²) in [5.74, 6) is 0.997. The third kappa shape index (κ3) is 1.70. The Bertz CT molecular complexity index is 427. The molecule has 1 aliphatic heterocycles. The van der Waals surface area contributed by atoms with Crippen LogP contribution in [-0.4, -0.2) is 17.5 Å². The molecule has 1 saturated heterocycles. The van der Waals surface area contributed by atoms with Crippen LogP contribution in [0.3, 0.4) is 0 Å². The minimum atomic E-state index is -0.190. The van der Waals surface area contributed by atoms with E-state index in [0.717, 1.165) is 19.3 Å². The highest BCUT2D eigenvalue weighted by atomic mass is 16.5. The molecule has 0 bridgehead atoms. The first-order valence-electron chi connectivity index (χ1n) is 8.43. The van der Waals surface area contributed by atoms with Crippen molar-refractivity contribution in [1.29, 1.82) is 0 Å². The molecule has 1 spiro atoms. The summed E-state index contributed by atoms with van der Waals surface area (Å²) in [5.41, 5.74) is 0.252. The third-order valence-corrected chi connectivity index (χ3v) is 7.12. The Morgan fingerprint density at radius 3 is 2.40 bits per heavy atom. The predicted molar refractivity (Wildman–Crippen MR) is 80.5 cm³/mol. The summed E-state index contributed by atoms with van der Waals surface area (Å²) < 4.78 is 6.52. The van der Waals surface area contributed by atoms with Gasteiger partial charge in [0.25, 0.3) is 0 Å². The number of Topliss-reactive ketones (excluding diaryl/α,β-unsaturated/α-hetero) is 1. The highest BCUT2D eigenvalue weighted by molar-refractivity contribution is 5.84. The van der Waals surface area contributed by atoms with Crippen LogP contribution in [0.4, 0.5) is 0 Å². The zero-order valence-electron chi connectivity index (χ0n) is 13.8. The van der Waals surface area contributed by atoms with Gasteiger partial charge in [0.2, 0.25) is 0 Å². The van der Waals surface area contributed by atoms with Gasteiger partial charge in [-0.15, -0.1) is 0 Å². The van der Waals surface area contributed by atoms with Crippen LogP contribution in [0.25, 0.3) is 0 Å². The Morgan fingerprint density at radius 2 is 1.80 bits per heavy atom. The molecule has 2 aliphatic carbocycles. The molecule has 2 nitrogen and oxygen atoms in total. The van der Waals surface area contributed by atoms with Gasteiger partial charge in [0.05, 0.1) is 11.7 Å². The van der Waals surface area contributed by atoms with Gasteiger partial charge in [0.15, 0.2) is 0 Å². The Hall–Kier alpha value is -0.370. The number of ketones is 1. The number of hydrogen-bond acceptors (Lipinski definition) is 2. The van der Waals surface area contributed by atoms with E-state index in [1.54, 1.807) is 0 Å². The van der Waals surface area contributed by atoms with Crippen LogP contribution in [0.15, 0.2) is 0 Å². The molecule has 20 heavy (non-hydrogen) atoms. The number of fused-ring (bicyclic) bond motifs is 2. The van der Waals surface area contributed by atoms with E-state index < -0.39 is 0 Å². The zero-order valence-corrected chi connectivity index (χ0v) is 13.8. The van der Waals surface area contributed by atoms with Crippen molar-refractivity contribution >= 4 is 5.78 Å². The topological polar surface area (TPSA) is 26.3 Å². The quantitative estimate of drug-likeness (QED) is 0.658. The van der Waals surface area contributed by atoms with E-state index in [1.165, 1.54) is 19.3 Å². The summed E-state index contributed by atoms with van der Waals surface area (Å²) >= 11 is 0. The summed E-state index contributed by atoms with van der Waals surface area (Å²) in [4.78, 5) is 12.7. The largest absolute Gasteiger partial charge is 0.371 e. The van der Waals surface area contributed by atoms with E-state index in [1.807, 2.05) is 0 Å². The maximum Gasteiger partial charge on any atom is 0.138 e. The van der Waals surface area contributed by atoms with Gasteiger partial charge in [-0.2, -0.15) is 0 Å². The lowest BCUT2D eigenvalue weighted by atomic mass is 9.44. The molecule has 3 rings (SSSR count). The van der Waals surface area contributed by atoms with Gasteiger partial charge >= 0.3 is 0 Å². The van der Waals surface area contributed by atoms with Crippen molar-refractivity contribution in [3.63, 3.8) is 0 Å². The Balaban J connectivity index is 2.09.